The summed E-state index contributed by atoms with van der Waals surface area (Å²) in [5.41, 5.74) is 3.81. The molecular formula is C24H20N6O2S. The molecule has 1 fully saturated rings. The quantitative estimate of drug-likeness (QED) is 0.262. The zero-order valence-corrected chi connectivity index (χ0v) is 18.3. The van der Waals surface area contributed by atoms with Gasteiger partial charge in [-0.3, -0.25) is 20.1 Å². The molecule has 3 aromatic heterocycles. The largest absolute Gasteiger partial charge is 0.352 e. The molecule has 1 N–H and O–H groups in total. The van der Waals surface area contributed by atoms with Crippen molar-refractivity contribution in [3.8, 4) is 5.69 Å². The molecule has 1 aliphatic rings. The molecular weight excluding hydrogens is 436 g/mol. The van der Waals surface area contributed by atoms with E-state index in [-0.39, 0.29) is 17.8 Å². The van der Waals surface area contributed by atoms with Crippen LogP contribution in [0.1, 0.15) is 29.0 Å². The van der Waals surface area contributed by atoms with Gasteiger partial charge in [-0.25, -0.2) is 0 Å². The number of non-ortho nitro benzene ring substituents is 1. The number of nitrogens with one attached hydrogen (secondary N) is 1. The van der Waals surface area contributed by atoms with E-state index in [1.807, 2.05) is 59.4 Å². The van der Waals surface area contributed by atoms with Crippen molar-refractivity contribution < 1.29 is 4.92 Å². The van der Waals surface area contributed by atoms with Crippen LogP contribution in [-0.2, 0) is 6.54 Å². The number of hydrogen-bond donors (Lipinski definition) is 1. The van der Waals surface area contributed by atoms with Crippen LogP contribution in [0.5, 0.6) is 0 Å². The monoisotopic (exact) mass is 456 g/mol. The third-order valence-electron chi connectivity index (χ3n) is 5.70. The molecule has 1 aromatic carbocycles. The number of pyridine rings is 2. The highest BCUT2D eigenvalue weighted by Crippen LogP contribution is 2.40. The van der Waals surface area contributed by atoms with Crippen molar-refractivity contribution in [3.05, 3.63) is 119 Å². The summed E-state index contributed by atoms with van der Waals surface area (Å²) in [6.45, 7) is 0.582. The summed E-state index contributed by atoms with van der Waals surface area (Å²) in [4.78, 5) is 21.7. The highest BCUT2D eigenvalue weighted by Gasteiger charge is 2.41. The molecule has 0 saturated carbocycles. The van der Waals surface area contributed by atoms with E-state index in [0.29, 0.717) is 11.7 Å². The Morgan fingerprint density at radius 2 is 1.88 bits per heavy atom. The number of aromatic nitrogens is 3. The molecule has 8 nitrogen and oxygen atoms in total. The number of nitro groups is 1. The lowest BCUT2D eigenvalue weighted by Gasteiger charge is -2.29. The van der Waals surface area contributed by atoms with Gasteiger partial charge in [0.2, 0.25) is 0 Å². The Kier molecular flexibility index (Phi) is 5.54. The zero-order chi connectivity index (χ0) is 22.8. The second-order valence-corrected chi connectivity index (χ2v) is 8.08. The van der Waals surface area contributed by atoms with E-state index < -0.39 is 4.92 Å². The van der Waals surface area contributed by atoms with E-state index in [9.17, 15) is 10.1 Å². The van der Waals surface area contributed by atoms with Crippen molar-refractivity contribution in [2.45, 2.75) is 18.6 Å². The standard InChI is InChI=1S/C24H20N6O2S/c31-30(32)19-10-8-18(9-11-19)28-14-4-7-21(28)23-22(20-6-1-2-13-26-20)27-24(33)29(23)16-17-5-3-12-25-15-17/h1-15,22-23H,16H2,(H,27,33)/t22-,23+/m1/s1. The molecule has 0 amide bonds. The van der Waals surface area contributed by atoms with E-state index in [0.717, 1.165) is 22.6 Å². The Morgan fingerprint density at radius 3 is 2.58 bits per heavy atom. The van der Waals surface area contributed by atoms with Gasteiger partial charge in [-0.2, -0.15) is 0 Å². The summed E-state index contributed by atoms with van der Waals surface area (Å²) >= 11 is 5.76. The van der Waals surface area contributed by atoms with E-state index >= 15 is 0 Å². The Bertz CT molecular complexity index is 1280. The second kappa shape index (κ2) is 8.79. The SMILES string of the molecule is O=[N+]([O-])c1ccc(-n2cccc2[C@H]2[C@@H](c3ccccn3)NC(=S)N2Cc2cccnc2)cc1. The van der Waals surface area contributed by atoms with E-state index in [1.165, 1.54) is 12.1 Å². The summed E-state index contributed by atoms with van der Waals surface area (Å²) < 4.78 is 2.04. The maximum absolute atomic E-state index is 11.1. The van der Waals surface area contributed by atoms with Gasteiger partial charge in [0.1, 0.15) is 0 Å². The molecule has 0 aliphatic carbocycles. The fourth-order valence-electron chi connectivity index (χ4n) is 4.19. The molecule has 5 rings (SSSR count). The topological polar surface area (TPSA) is 89.1 Å². The van der Waals surface area contributed by atoms with Gasteiger partial charge in [-0.15, -0.1) is 0 Å². The minimum absolute atomic E-state index is 0.0562. The van der Waals surface area contributed by atoms with E-state index in [4.69, 9.17) is 12.2 Å². The van der Waals surface area contributed by atoms with Crippen molar-refractivity contribution in [1.29, 1.82) is 0 Å². The number of hydrogen-bond acceptors (Lipinski definition) is 5. The fraction of sp³-hybridized carbons (Fsp3) is 0.125. The minimum Gasteiger partial charge on any atom is -0.352 e. The zero-order valence-electron chi connectivity index (χ0n) is 17.5. The Morgan fingerprint density at radius 1 is 1.03 bits per heavy atom. The van der Waals surface area contributed by atoms with Gasteiger partial charge < -0.3 is 14.8 Å². The van der Waals surface area contributed by atoms with Crippen LogP contribution in [0.2, 0.25) is 0 Å². The lowest BCUT2D eigenvalue weighted by atomic mass is 10.0. The first-order chi connectivity index (χ1) is 16.1. The Labute approximate surface area is 195 Å². The van der Waals surface area contributed by atoms with Crippen LogP contribution >= 0.6 is 12.2 Å². The molecule has 4 heterocycles. The van der Waals surface area contributed by atoms with Gasteiger partial charge in [0.05, 0.1) is 22.7 Å². The molecule has 4 aromatic rings. The first-order valence-corrected chi connectivity index (χ1v) is 10.8. The lowest BCUT2D eigenvalue weighted by Crippen LogP contribution is -2.30. The van der Waals surface area contributed by atoms with Crippen LogP contribution < -0.4 is 5.32 Å². The average Bonchev–Trinajstić information content (AvgIpc) is 3.45. The number of rotatable bonds is 6. The van der Waals surface area contributed by atoms with Crippen LogP contribution in [0.4, 0.5) is 5.69 Å². The van der Waals surface area contributed by atoms with Crippen LogP contribution in [0, 0.1) is 10.1 Å². The van der Waals surface area contributed by atoms with Gasteiger partial charge in [0.15, 0.2) is 5.11 Å². The second-order valence-electron chi connectivity index (χ2n) is 7.69. The molecule has 0 spiro atoms. The molecule has 9 heteroatoms. The summed E-state index contributed by atoms with van der Waals surface area (Å²) in [5.74, 6) is 0. The fourth-order valence-corrected chi connectivity index (χ4v) is 4.50. The summed E-state index contributed by atoms with van der Waals surface area (Å²) in [5, 5.41) is 15.2. The molecule has 164 valence electrons. The first kappa shape index (κ1) is 20.8. The maximum atomic E-state index is 11.1. The lowest BCUT2D eigenvalue weighted by molar-refractivity contribution is -0.384. The van der Waals surface area contributed by atoms with Crippen molar-refractivity contribution in [2.24, 2.45) is 0 Å². The first-order valence-electron chi connectivity index (χ1n) is 10.4. The number of nitrogens with zero attached hydrogens (tertiary/aromatic N) is 5. The van der Waals surface area contributed by atoms with Crippen LogP contribution in [0.25, 0.3) is 5.69 Å². The number of nitro benzene ring substituents is 1. The molecule has 1 saturated heterocycles. The summed E-state index contributed by atoms with van der Waals surface area (Å²) in [6.07, 6.45) is 7.31. The van der Waals surface area contributed by atoms with Crippen LogP contribution in [0.3, 0.4) is 0 Å². The molecule has 0 bridgehead atoms. The van der Waals surface area contributed by atoms with Crippen molar-refractivity contribution in [3.63, 3.8) is 0 Å². The Balaban J connectivity index is 1.58. The minimum atomic E-state index is -0.396. The van der Waals surface area contributed by atoms with Crippen LogP contribution in [-0.4, -0.2) is 29.5 Å². The molecule has 2 atom stereocenters. The van der Waals surface area contributed by atoms with Gasteiger partial charge in [-0.1, -0.05) is 12.1 Å². The highest BCUT2D eigenvalue weighted by molar-refractivity contribution is 7.80. The van der Waals surface area contributed by atoms with Gasteiger partial charge in [0, 0.05) is 54.8 Å². The number of thiocarbonyl (C=S) groups is 1. The normalized spacial score (nSPS) is 17.7. The summed E-state index contributed by atoms with van der Waals surface area (Å²) in [7, 11) is 0. The predicted molar refractivity (Wildman–Crippen MR) is 128 cm³/mol. The van der Waals surface area contributed by atoms with Crippen LogP contribution in [0.15, 0.2) is 91.5 Å². The highest BCUT2D eigenvalue weighted by atomic mass is 32.1. The van der Waals surface area contributed by atoms with Crippen molar-refractivity contribution in [2.75, 3.05) is 0 Å². The predicted octanol–water partition coefficient (Wildman–Crippen LogP) is 4.35. The van der Waals surface area contributed by atoms with Gasteiger partial charge in [-0.05, 0) is 60.2 Å². The maximum Gasteiger partial charge on any atom is 0.269 e. The van der Waals surface area contributed by atoms with Crippen molar-refractivity contribution in [1.82, 2.24) is 24.8 Å². The van der Waals surface area contributed by atoms with Gasteiger partial charge >= 0.3 is 0 Å². The van der Waals surface area contributed by atoms with Crippen molar-refractivity contribution >= 4 is 23.0 Å². The van der Waals surface area contributed by atoms with E-state index in [1.54, 1.807) is 24.5 Å². The smallest absolute Gasteiger partial charge is 0.269 e. The third kappa shape index (κ3) is 4.06. The number of benzene rings is 1. The summed E-state index contributed by atoms with van der Waals surface area (Å²) in [6, 6.07) is 20.0. The molecule has 0 radical (unpaired) electrons. The van der Waals surface area contributed by atoms with Gasteiger partial charge in [0.25, 0.3) is 5.69 Å². The molecule has 1 aliphatic heterocycles. The Hall–Kier alpha value is -4.11. The molecule has 33 heavy (non-hydrogen) atoms. The van der Waals surface area contributed by atoms with E-state index in [2.05, 4.69) is 20.2 Å². The third-order valence-corrected chi connectivity index (χ3v) is 6.05. The average molecular weight is 457 g/mol. The molecule has 0 unspecified atom stereocenters.